The van der Waals surface area contributed by atoms with Gasteiger partial charge in [-0.1, -0.05) is 190 Å². The van der Waals surface area contributed by atoms with Crippen LogP contribution in [0.1, 0.15) is 47.2 Å². The molecule has 0 bridgehead atoms. The van der Waals surface area contributed by atoms with Gasteiger partial charge in [0.2, 0.25) is 0 Å². The zero-order valence-electron chi connectivity index (χ0n) is 33.2. The molecule has 1 nitrogen and oxygen atoms in total. The van der Waals surface area contributed by atoms with Crippen LogP contribution >= 0.6 is 0 Å². The van der Waals surface area contributed by atoms with Gasteiger partial charge in [-0.25, -0.2) is 0 Å². The second-order valence-electron chi connectivity index (χ2n) is 16.8. The second-order valence-corrected chi connectivity index (χ2v) is 16.8. The topological polar surface area (TPSA) is 3.24 Å². The Morgan fingerprint density at radius 3 is 1.32 bits per heavy atom. The van der Waals surface area contributed by atoms with E-state index in [1.807, 2.05) is 0 Å². The first-order chi connectivity index (χ1) is 29.0. The lowest BCUT2D eigenvalue weighted by molar-refractivity contribution is 0.660. The molecule has 1 heteroatoms. The monoisotopic (exact) mass is 751 g/mol. The van der Waals surface area contributed by atoms with Crippen molar-refractivity contribution in [3.05, 3.63) is 246 Å². The van der Waals surface area contributed by atoms with Gasteiger partial charge in [-0.3, -0.25) is 0 Å². The average Bonchev–Trinajstić information content (AvgIpc) is 3.86. The summed E-state index contributed by atoms with van der Waals surface area (Å²) in [6, 6.07) is 79.3. The van der Waals surface area contributed by atoms with Crippen LogP contribution in [0.5, 0.6) is 0 Å². The van der Waals surface area contributed by atoms with E-state index in [1.54, 1.807) is 0 Å². The Morgan fingerprint density at radius 2 is 0.746 bits per heavy atom. The first-order valence-corrected chi connectivity index (χ1v) is 20.8. The Morgan fingerprint density at radius 1 is 0.305 bits per heavy atom. The van der Waals surface area contributed by atoms with Gasteiger partial charge in [0, 0.05) is 22.2 Å². The molecule has 0 amide bonds. The van der Waals surface area contributed by atoms with Crippen molar-refractivity contribution >= 4 is 17.1 Å². The molecule has 59 heavy (non-hydrogen) atoms. The Bertz CT molecular complexity index is 3030. The summed E-state index contributed by atoms with van der Waals surface area (Å²) in [4.78, 5) is 2.54. The van der Waals surface area contributed by atoms with Crippen molar-refractivity contribution in [1.82, 2.24) is 0 Å². The summed E-state index contributed by atoms with van der Waals surface area (Å²) in [5.41, 5.74) is 23.6. The Labute approximate surface area is 346 Å². The van der Waals surface area contributed by atoms with Gasteiger partial charge in [-0.15, -0.1) is 0 Å². The maximum absolute atomic E-state index is 2.54. The summed E-state index contributed by atoms with van der Waals surface area (Å²) in [5, 5.41) is 0. The van der Waals surface area contributed by atoms with Crippen LogP contribution in [0.2, 0.25) is 0 Å². The number of nitrogens with zero attached hydrogens (tertiary/aromatic N) is 1. The van der Waals surface area contributed by atoms with Gasteiger partial charge in [0.25, 0.3) is 0 Å². The van der Waals surface area contributed by atoms with Gasteiger partial charge >= 0.3 is 0 Å². The summed E-state index contributed by atoms with van der Waals surface area (Å²) in [6.45, 7) is 4.74. The largest absolute Gasteiger partial charge is 0.309 e. The molecule has 0 atom stereocenters. The van der Waals surface area contributed by atoms with Crippen LogP contribution in [0.25, 0.3) is 55.6 Å². The third-order valence-electron chi connectivity index (χ3n) is 13.5. The quantitative estimate of drug-likeness (QED) is 0.169. The summed E-state index contributed by atoms with van der Waals surface area (Å²) in [6.07, 6.45) is 0. The molecule has 1 spiro atoms. The SMILES string of the molecule is CC1(C)c2ccccc2-c2c(N(c3ccccc3)c3cccc4c3-c3ccccc3C43c4cc(-c5ccccc5)ccc4-c4ccc(-c5ccccc5)cc43)cccc21. The molecule has 0 heterocycles. The number of hydrogen-bond acceptors (Lipinski definition) is 1. The van der Waals surface area contributed by atoms with Crippen molar-refractivity contribution in [2.75, 3.05) is 4.90 Å². The summed E-state index contributed by atoms with van der Waals surface area (Å²) in [7, 11) is 0. The van der Waals surface area contributed by atoms with Crippen molar-refractivity contribution in [2.24, 2.45) is 0 Å². The van der Waals surface area contributed by atoms with Crippen LogP contribution in [0.4, 0.5) is 17.1 Å². The van der Waals surface area contributed by atoms with Crippen LogP contribution in [0.15, 0.2) is 212 Å². The van der Waals surface area contributed by atoms with E-state index in [0.29, 0.717) is 0 Å². The highest BCUT2D eigenvalue weighted by molar-refractivity contribution is 6.04. The maximum atomic E-state index is 2.54. The summed E-state index contributed by atoms with van der Waals surface area (Å²) >= 11 is 0. The number of rotatable bonds is 5. The molecule has 0 saturated carbocycles. The lowest BCUT2D eigenvalue weighted by Gasteiger charge is -2.33. The van der Waals surface area contributed by atoms with Gasteiger partial charge in [0.1, 0.15) is 0 Å². The van der Waals surface area contributed by atoms with E-state index in [-0.39, 0.29) is 5.41 Å². The molecule has 9 aromatic carbocycles. The van der Waals surface area contributed by atoms with Gasteiger partial charge in [0.15, 0.2) is 0 Å². The van der Waals surface area contributed by atoms with Crippen molar-refractivity contribution in [1.29, 1.82) is 0 Å². The fourth-order valence-corrected chi connectivity index (χ4v) is 10.9. The molecular weight excluding hydrogens is 711 g/mol. The molecule has 0 fully saturated rings. The predicted molar refractivity (Wildman–Crippen MR) is 246 cm³/mol. The summed E-state index contributed by atoms with van der Waals surface area (Å²) in [5.74, 6) is 0. The van der Waals surface area contributed by atoms with E-state index in [1.165, 1.54) is 100 Å². The molecule has 3 aliphatic carbocycles. The lowest BCUT2D eigenvalue weighted by atomic mass is 9.70. The van der Waals surface area contributed by atoms with Crippen molar-refractivity contribution in [3.8, 4) is 55.6 Å². The minimum atomic E-state index is -0.544. The Balaban J connectivity index is 1.18. The Hall–Kier alpha value is -7.22. The minimum Gasteiger partial charge on any atom is -0.309 e. The molecule has 12 rings (SSSR count). The van der Waals surface area contributed by atoms with E-state index in [9.17, 15) is 0 Å². The molecule has 0 radical (unpaired) electrons. The molecule has 0 unspecified atom stereocenters. The normalized spacial score (nSPS) is 14.2. The molecule has 278 valence electrons. The molecule has 0 N–H and O–H groups in total. The second kappa shape index (κ2) is 12.6. The zero-order valence-corrected chi connectivity index (χ0v) is 33.2. The number of fused-ring (bicyclic) bond motifs is 13. The van der Waals surface area contributed by atoms with Crippen LogP contribution < -0.4 is 4.90 Å². The van der Waals surface area contributed by atoms with E-state index >= 15 is 0 Å². The first-order valence-electron chi connectivity index (χ1n) is 20.8. The Kier molecular flexibility index (Phi) is 7.26. The molecular formula is C58H41N. The molecule has 0 saturated heterocycles. The molecule has 0 aromatic heterocycles. The highest BCUT2D eigenvalue weighted by Gasteiger charge is 2.53. The van der Waals surface area contributed by atoms with E-state index in [4.69, 9.17) is 0 Å². The smallest absolute Gasteiger partial charge is 0.0726 e. The fourth-order valence-electron chi connectivity index (χ4n) is 10.9. The first kappa shape index (κ1) is 33.9. The van der Waals surface area contributed by atoms with Crippen molar-refractivity contribution < 1.29 is 0 Å². The average molecular weight is 752 g/mol. The number of anilines is 3. The third kappa shape index (κ3) is 4.67. The van der Waals surface area contributed by atoms with Crippen LogP contribution in [-0.2, 0) is 10.8 Å². The van der Waals surface area contributed by atoms with E-state index in [0.717, 1.165) is 5.69 Å². The van der Waals surface area contributed by atoms with Gasteiger partial charge in [-0.2, -0.15) is 0 Å². The van der Waals surface area contributed by atoms with Crippen molar-refractivity contribution in [2.45, 2.75) is 24.7 Å². The number of benzene rings is 9. The molecule has 0 aliphatic heterocycles. The van der Waals surface area contributed by atoms with E-state index in [2.05, 4.69) is 231 Å². The highest BCUT2D eigenvalue weighted by Crippen LogP contribution is 2.66. The maximum Gasteiger partial charge on any atom is 0.0726 e. The van der Waals surface area contributed by atoms with Crippen LogP contribution in [0.3, 0.4) is 0 Å². The summed E-state index contributed by atoms with van der Waals surface area (Å²) < 4.78 is 0. The minimum absolute atomic E-state index is 0.121. The molecule has 3 aliphatic rings. The third-order valence-corrected chi connectivity index (χ3v) is 13.5. The zero-order chi connectivity index (χ0) is 39.3. The van der Waals surface area contributed by atoms with Crippen LogP contribution in [0, 0.1) is 0 Å². The lowest BCUT2D eigenvalue weighted by Crippen LogP contribution is -2.26. The number of para-hydroxylation sites is 1. The number of hydrogen-bond donors (Lipinski definition) is 0. The predicted octanol–water partition coefficient (Wildman–Crippen LogP) is 15.1. The fraction of sp³-hybridized carbons (Fsp3) is 0.0690. The van der Waals surface area contributed by atoms with E-state index < -0.39 is 5.41 Å². The standard InChI is InChI=1S/C58H41N/c1-57(2)47-26-14-12-24-45(47)55-49(57)28-16-30-53(55)59(42-22-10-5-11-23-42)54-31-17-29-50-56(54)46-25-13-15-27-48(46)58(50)51-36-40(38-18-6-3-7-19-38)32-34-43(51)44-35-33-41(37-52(44)58)39-20-8-4-9-21-39/h3-37H,1-2H3. The van der Waals surface area contributed by atoms with Gasteiger partial charge in [0.05, 0.1) is 16.8 Å². The molecule has 9 aromatic rings. The highest BCUT2D eigenvalue weighted by atomic mass is 15.1. The van der Waals surface area contributed by atoms with Gasteiger partial charge < -0.3 is 4.90 Å². The van der Waals surface area contributed by atoms with Gasteiger partial charge in [-0.05, 0) is 114 Å². The van der Waals surface area contributed by atoms with Crippen molar-refractivity contribution in [3.63, 3.8) is 0 Å². The van der Waals surface area contributed by atoms with Crippen LogP contribution in [-0.4, -0.2) is 0 Å².